The van der Waals surface area contributed by atoms with Gasteiger partial charge in [0.25, 0.3) is 0 Å². The molecule has 2 atom stereocenters. The molecule has 0 radical (unpaired) electrons. The number of hydrogen-bond donors (Lipinski definition) is 1. The molecule has 2 saturated heterocycles. The van der Waals surface area contributed by atoms with Gasteiger partial charge in [-0.3, -0.25) is 5.32 Å². The van der Waals surface area contributed by atoms with Gasteiger partial charge in [-0.25, -0.2) is 9.78 Å². The van der Waals surface area contributed by atoms with Crippen molar-refractivity contribution in [3.8, 4) is 0 Å². The largest absolute Gasteiger partial charge is 0.453 e. The van der Waals surface area contributed by atoms with Gasteiger partial charge in [-0.2, -0.15) is 0 Å². The number of rotatable bonds is 1. The molecule has 3 aliphatic rings. The maximum atomic E-state index is 11.8. The summed E-state index contributed by atoms with van der Waals surface area (Å²) in [5.41, 5.74) is 2.42. The predicted octanol–water partition coefficient (Wildman–Crippen LogP) is 1.90. The number of aromatic nitrogens is 2. The Morgan fingerprint density at radius 2 is 2.27 bits per heavy atom. The highest BCUT2D eigenvalue weighted by atomic mass is 16.5. The van der Waals surface area contributed by atoms with Crippen LogP contribution in [0.5, 0.6) is 0 Å². The summed E-state index contributed by atoms with van der Waals surface area (Å²) < 4.78 is 7.30. The molecule has 22 heavy (non-hydrogen) atoms. The summed E-state index contributed by atoms with van der Waals surface area (Å²) in [7, 11) is 1.44. The van der Waals surface area contributed by atoms with Crippen molar-refractivity contribution in [1.29, 1.82) is 0 Å². The Morgan fingerprint density at radius 1 is 1.41 bits per heavy atom. The molecule has 1 amide bonds. The zero-order valence-corrected chi connectivity index (χ0v) is 13.4. The van der Waals surface area contributed by atoms with Gasteiger partial charge in [0.2, 0.25) is 0 Å². The summed E-state index contributed by atoms with van der Waals surface area (Å²) in [6.45, 7) is 3.37. The molecule has 2 unspecified atom stereocenters. The van der Waals surface area contributed by atoms with E-state index in [0.717, 1.165) is 17.9 Å². The summed E-state index contributed by atoms with van der Waals surface area (Å²) in [5, 5.41) is 3.86. The van der Waals surface area contributed by atoms with Crippen molar-refractivity contribution in [2.24, 2.45) is 0 Å². The second kappa shape index (κ2) is 4.98. The van der Waals surface area contributed by atoms with E-state index in [1.807, 2.05) is 0 Å². The zero-order chi connectivity index (χ0) is 15.3. The molecule has 2 fully saturated rings. The van der Waals surface area contributed by atoms with Crippen LogP contribution in [0, 0.1) is 6.92 Å². The minimum absolute atomic E-state index is 0.0705. The SMILES string of the molecule is COC(=O)N1CCc2c(nc(C)n2C23CCCC(CC2)N3)C1. The number of fused-ring (bicyclic) bond motifs is 3. The molecular weight excluding hydrogens is 280 g/mol. The van der Waals surface area contributed by atoms with Gasteiger partial charge < -0.3 is 14.2 Å². The summed E-state index contributed by atoms with van der Waals surface area (Å²) in [4.78, 5) is 18.3. The van der Waals surface area contributed by atoms with E-state index in [0.29, 0.717) is 19.1 Å². The van der Waals surface area contributed by atoms with Crippen LogP contribution in [0.2, 0.25) is 0 Å². The molecule has 1 N–H and O–H groups in total. The summed E-state index contributed by atoms with van der Waals surface area (Å²) in [6.07, 6.45) is 6.84. The van der Waals surface area contributed by atoms with E-state index in [4.69, 9.17) is 9.72 Å². The monoisotopic (exact) mass is 304 g/mol. The number of imidazole rings is 1. The fraction of sp³-hybridized carbons (Fsp3) is 0.750. The first-order valence-electron chi connectivity index (χ1n) is 8.31. The summed E-state index contributed by atoms with van der Waals surface area (Å²) >= 11 is 0. The average Bonchev–Trinajstić information content (AvgIpc) is 3.02. The zero-order valence-electron chi connectivity index (χ0n) is 13.4. The molecule has 1 aromatic rings. The maximum absolute atomic E-state index is 11.8. The van der Waals surface area contributed by atoms with Crippen molar-refractivity contribution in [2.45, 2.75) is 63.7 Å². The highest BCUT2D eigenvalue weighted by molar-refractivity contribution is 5.67. The fourth-order valence-corrected chi connectivity index (χ4v) is 4.65. The first-order valence-corrected chi connectivity index (χ1v) is 8.31. The normalized spacial score (nSPS) is 30.3. The van der Waals surface area contributed by atoms with Crippen LogP contribution in [0.15, 0.2) is 0 Å². The Morgan fingerprint density at radius 3 is 3.09 bits per heavy atom. The Hall–Kier alpha value is -1.56. The lowest BCUT2D eigenvalue weighted by atomic mass is 9.98. The molecule has 0 aliphatic carbocycles. The van der Waals surface area contributed by atoms with E-state index in [2.05, 4.69) is 16.8 Å². The third-order valence-electron chi connectivity index (χ3n) is 5.57. The second-order valence-electron chi connectivity index (χ2n) is 6.83. The van der Waals surface area contributed by atoms with E-state index in [-0.39, 0.29) is 11.8 Å². The van der Waals surface area contributed by atoms with Crippen molar-refractivity contribution in [3.63, 3.8) is 0 Å². The lowest BCUT2D eigenvalue weighted by Gasteiger charge is -2.39. The first kappa shape index (κ1) is 14.1. The van der Waals surface area contributed by atoms with Crippen LogP contribution in [-0.4, -0.2) is 40.2 Å². The van der Waals surface area contributed by atoms with Crippen molar-refractivity contribution in [2.75, 3.05) is 13.7 Å². The number of hydrogen-bond acceptors (Lipinski definition) is 4. The lowest BCUT2D eigenvalue weighted by Crippen LogP contribution is -2.50. The van der Waals surface area contributed by atoms with Crippen LogP contribution in [0.1, 0.15) is 49.3 Å². The van der Waals surface area contributed by atoms with E-state index in [9.17, 15) is 4.79 Å². The van der Waals surface area contributed by atoms with Crippen LogP contribution >= 0.6 is 0 Å². The Kier molecular flexibility index (Phi) is 3.18. The van der Waals surface area contributed by atoms with Crippen LogP contribution in [0.25, 0.3) is 0 Å². The van der Waals surface area contributed by atoms with E-state index < -0.39 is 0 Å². The molecule has 4 heterocycles. The van der Waals surface area contributed by atoms with Crippen molar-refractivity contribution in [3.05, 3.63) is 17.2 Å². The van der Waals surface area contributed by atoms with Crippen molar-refractivity contribution in [1.82, 2.24) is 19.8 Å². The van der Waals surface area contributed by atoms with E-state index in [1.165, 1.54) is 44.9 Å². The fourth-order valence-electron chi connectivity index (χ4n) is 4.65. The molecule has 2 bridgehead atoms. The minimum Gasteiger partial charge on any atom is -0.453 e. The first-order chi connectivity index (χ1) is 10.6. The third-order valence-corrected chi connectivity index (χ3v) is 5.57. The highest BCUT2D eigenvalue weighted by Crippen LogP contribution is 2.41. The van der Waals surface area contributed by atoms with Gasteiger partial charge in [0, 0.05) is 24.7 Å². The average molecular weight is 304 g/mol. The standard InChI is InChI=1S/C16H24N4O2/c1-11-17-13-10-19(15(21)22-2)9-6-14(13)20(11)16-7-3-4-12(18-16)5-8-16/h12,18H,3-10H2,1-2H3. The Labute approximate surface area is 130 Å². The minimum atomic E-state index is -0.257. The number of carbonyl (C=O) groups is 1. The number of carbonyl (C=O) groups excluding carboxylic acids is 1. The topological polar surface area (TPSA) is 59.4 Å². The van der Waals surface area contributed by atoms with E-state index in [1.54, 1.807) is 4.90 Å². The lowest BCUT2D eigenvalue weighted by molar-refractivity contribution is 0.116. The van der Waals surface area contributed by atoms with Gasteiger partial charge >= 0.3 is 6.09 Å². The summed E-state index contributed by atoms with van der Waals surface area (Å²) in [5.74, 6) is 1.08. The van der Waals surface area contributed by atoms with Gasteiger partial charge in [-0.1, -0.05) is 0 Å². The van der Waals surface area contributed by atoms with Crippen LogP contribution in [0.4, 0.5) is 4.79 Å². The van der Waals surface area contributed by atoms with Crippen molar-refractivity contribution >= 4 is 6.09 Å². The number of nitrogens with zero attached hydrogens (tertiary/aromatic N) is 3. The molecule has 0 aromatic carbocycles. The quantitative estimate of drug-likeness (QED) is 0.861. The van der Waals surface area contributed by atoms with Crippen LogP contribution in [0.3, 0.4) is 0 Å². The number of ether oxygens (including phenoxy) is 1. The molecular formula is C16H24N4O2. The predicted molar refractivity (Wildman–Crippen MR) is 81.5 cm³/mol. The number of nitrogens with one attached hydrogen (secondary N) is 1. The summed E-state index contributed by atoms with van der Waals surface area (Å²) in [6, 6.07) is 0.668. The molecule has 0 saturated carbocycles. The smallest absolute Gasteiger partial charge is 0.409 e. The van der Waals surface area contributed by atoms with Crippen molar-refractivity contribution < 1.29 is 9.53 Å². The molecule has 3 aliphatic heterocycles. The number of aryl methyl sites for hydroxylation is 1. The number of amides is 1. The van der Waals surface area contributed by atoms with Gasteiger partial charge in [0.1, 0.15) is 5.82 Å². The number of piperidine rings is 1. The molecule has 0 spiro atoms. The van der Waals surface area contributed by atoms with Crippen LogP contribution in [-0.2, 0) is 23.4 Å². The third kappa shape index (κ3) is 1.96. The van der Waals surface area contributed by atoms with Gasteiger partial charge in [-0.15, -0.1) is 0 Å². The molecule has 6 nitrogen and oxygen atoms in total. The van der Waals surface area contributed by atoms with Gasteiger partial charge in [0.15, 0.2) is 0 Å². The Bertz CT molecular complexity index is 608. The Balaban J connectivity index is 1.69. The number of methoxy groups -OCH3 is 1. The molecule has 4 rings (SSSR count). The van der Waals surface area contributed by atoms with Gasteiger partial charge in [0.05, 0.1) is 25.0 Å². The van der Waals surface area contributed by atoms with Gasteiger partial charge in [-0.05, 0) is 39.0 Å². The van der Waals surface area contributed by atoms with Crippen LogP contribution < -0.4 is 5.32 Å². The maximum Gasteiger partial charge on any atom is 0.409 e. The molecule has 1 aromatic heterocycles. The molecule has 120 valence electrons. The van der Waals surface area contributed by atoms with E-state index >= 15 is 0 Å². The molecule has 6 heteroatoms. The highest BCUT2D eigenvalue weighted by Gasteiger charge is 2.45. The second-order valence-corrected chi connectivity index (χ2v) is 6.83.